The van der Waals surface area contributed by atoms with Crippen LogP contribution in [0.1, 0.15) is 25.8 Å². The predicted octanol–water partition coefficient (Wildman–Crippen LogP) is 2.88. The first-order valence-electron chi connectivity index (χ1n) is 8.08. The van der Waals surface area contributed by atoms with Crippen LogP contribution in [0.25, 0.3) is 0 Å². The van der Waals surface area contributed by atoms with Crippen LogP contribution in [0, 0.1) is 5.92 Å². The average Bonchev–Trinajstić information content (AvgIpc) is 2.82. The number of halogens is 3. The summed E-state index contributed by atoms with van der Waals surface area (Å²) in [5.74, 6) is -2.56. The van der Waals surface area contributed by atoms with E-state index in [0.717, 1.165) is 4.90 Å². The lowest BCUT2D eigenvalue weighted by Crippen LogP contribution is -2.63. The molecule has 0 saturated carbocycles. The van der Waals surface area contributed by atoms with Crippen molar-refractivity contribution in [2.75, 3.05) is 6.54 Å². The molecule has 1 aromatic rings. The number of nitrogens with one attached hydrogen (secondary N) is 1. The number of amides is 2. The zero-order valence-electron chi connectivity index (χ0n) is 14.5. The summed E-state index contributed by atoms with van der Waals surface area (Å²) in [6.45, 7) is 6.70. The van der Waals surface area contributed by atoms with Gasteiger partial charge in [0.2, 0.25) is 5.91 Å². The largest absolute Gasteiger partial charge is 0.442 e. The van der Waals surface area contributed by atoms with E-state index in [-0.39, 0.29) is 24.7 Å². The lowest BCUT2D eigenvalue weighted by atomic mass is 10.1. The van der Waals surface area contributed by atoms with E-state index in [9.17, 15) is 22.8 Å². The topological polar surface area (TPSA) is 61.8 Å². The summed E-state index contributed by atoms with van der Waals surface area (Å²) in [5, 5.41) is 1.82. The third-order valence-electron chi connectivity index (χ3n) is 3.75. The Hall–Kier alpha value is -2.64. The Morgan fingerprint density at radius 1 is 1.35 bits per heavy atom. The molecule has 0 saturated heterocycles. The molecule has 1 aromatic carbocycles. The van der Waals surface area contributed by atoms with Crippen LogP contribution in [0.4, 0.5) is 13.2 Å². The van der Waals surface area contributed by atoms with E-state index in [1.54, 1.807) is 44.2 Å². The third kappa shape index (κ3) is 3.63. The first kappa shape index (κ1) is 19.7. The van der Waals surface area contributed by atoms with Crippen molar-refractivity contribution >= 4 is 17.6 Å². The Morgan fingerprint density at radius 3 is 2.46 bits per heavy atom. The molecule has 0 fully saturated rings. The molecule has 1 aliphatic heterocycles. The molecule has 0 aromatic heterocycles. The molecule has 1 atom stereocenters. The number of hydrogen-bond donors (Lipinski definition) is 1. The van der Waals surface area contributed by atoms with Crippen LogP contribution in [0.5, 0.6) is 0 Å². The van der Waals surface area contributed by atoms with Gasteiger partial charge in [0.1, 0.15) is 5.84 Å². The van der Waals surface area contributed by atoms with Gasteiger partial charge in [-0.15, -0.1) is 6.58 Å². The van der Waals surface area contributed by atoms with Gasteiger partial charge in [-0.1, -0.05) is 50.3 Å². The van der Waals surface area contributed by atoms with Gasteiger partial charge in [0.25, 0.3) is 5.91 Å². The van der Waals surface area contributed by atoms with Gasteiger partial charge in [-0.25, -0.2) is 4.99 Å². The normalized spacial score (nSPS) is 20.3. The highest BCUT2D eigenvalue weighted by Gasteiger charge is 2.67. The third-order valence-corrected chi connectivity index (χ3v) is 3.75. The van der Waals surface area contributed by atoms with Crippen LogP contribution >= 0.6 is 0 Å². The van der Waals surface area contributed by atoms with Gasteiger partial charge in [-0.3, -0.25) is 14.5 Å². The molecule has 2 rings (SSSR count). The van der Waals surface area contributed by atoms with E-state index < -0.39 is 23.7 Å². The zero-order chi connectivity index (χ0) is 19.5. The molecule has 0 aliphatic carbocycles. The van der Waals surface area contributed by atoms with Crippen molar-refractivity contribution in [2.45, 2.75) is 32.1 Å². The molecular formula is C18H20F3N3O2. The van der Waals surface area contributed by atoms with Crippen LogP contribution in [0.15, 0.2) is 48.0 Å². The number of carbonyl (C=O) groups is 2. The van der Waals surface area contributed by atoms with Crippen molar-refractivity contribution in [3.63, 3.8) is 0 Å². The molecule has 0 unspecified atom stereocenters. The minimum absolute atomic E-state index is 0.150. The molecule has 1 heterocycles. The average molecular weight is 367 g/mol. The highest BCUT2D eigenvalue weighted by Crippen LogP contribution is 2.38. The number of nitrogens with zero attached hydrogens (tertiary/aromatic N) is 2. The van der Waals surface area contributed by atoms with Crippen LogP contribution in [0.2, 0.25) is 0 Å². The summed E-state index contributed by atoms with van der Waals surface area (Å²) < 4.78 is 41.6. The van der Waals surface area contributed by atoms with Crippen LogP contribution in [0.3, 0.4) is 0 Å². The van der Waals surface area contributed by atoms with Gasteiger partial charge in [-0.2, -0.15) is 13.2 Å². The Balaban J connectivity index is 2.56. The SMILES string of the molecule is C=CCN1C(=O)[C@](NC(=O)CC(C)C)(C(F)(F)F)N=C1c1ccccc1. The summed E-state index contributed by atoms with van der Waals surface area (Å²) in [5.41, 5.74) is -2.99. The second kappa shape index (κ2) is 7.31. The summed E-state index contributed by atoms with van der Waals surface area (Å²) in [6.07, 6.45) is -3.94. The fourth-order valence-electron chi connectivity index (χ4n) is 2.63. The van der Waals surface area contributed by atoms with E-state index in [1.807, 2.05) is 5.32 Å². The highest BCUT2D eigenvalue weighted by atomic mass is 19.4. The number of carbonyl (C=O) groups excluding carboxylic acids is 2. The van der Waals surface area contributed by atoms with Gasteiger partial charge < -0.3 is 5.32 Å². The van der Waals surface area contributed by atoms with E-state index in [2.05, 4.69) is 11.6 Å². The van der Waals surface area contributed by atoms with Gasteiger partial charge in [0, 0.05) is 18.5 Å². The predicted molar refractivity (Wildman–Crippen MR) is 91.3 cm³/mol. The van der Waals surface area contributed by atoms with Crippen molar-refractivity contribution in [3.8, 4) is 0 Å². The lowest BCUT2D eigenvalue weighted by molar-refractivity contribution is -0.200. The molecule has 1 N–H and O–H groups in total. The van der Waals surface area contributed by atoms with Crippen LogP contribution in [-0.2, 0) is 9.59 Å². The summed E-state index contributed by atoms with van der Waals surface area (Å²) in [6, 6.07) is 8.04. The second-order valence-electron chi connectivity index (χ2n) is 6.36. The number of benzene rings is 1. The molecule has 0 spiro atoms. The molecule has 8 heteroatoms. The van der Waals surface area contributed by atoms with Crippen molar-refractivity contribution in [2.24, 2.45) is 10.9 Å². The van der Waals surface area contributed by atoms with Crippen LogP contribution in [-0.4, -0.2) is 40.9 Å². The van der Waals surface area contributed by atoms with E-state index in [0.29, 0.717) is 5.56 Å². The summed E-state index contributed by atoms with van der Waals surface area (Å²) in [4.78, 5) is 29.3. The standard InChI is InChI=1S/C18H20F3N3O2/c1-4-10-24-15(13-8-6-5-7-9-13)23-17(16(24)26,18(19,20)21)22-14(25)11-12(2)3/h4-9,12H,1,10-11H2,2-3H3,(H,22,25)/t17-/m1/s1. The molecule has 5 nitrogen and oxygen atoms in total. The smallest absolute Gasteiger partial charge is 0.316 e. The number of aliphatic imine (C=N–C) groups is 1. The van der Waals surface area contributed by atoms with Crippen molar-refractivity contribution in [3.05, 3.63) is 48.6 Å². The highest BCUT2D eigenvalue weighted by molar-refractivity contribution is 6.16. The van der Waals surface area contributed by atoms with E-state index in [1.165, 1.54) is 6.08 Å². The van der Waals surface area contributed by atoms with E-state index >= 15 is 0 Å². The zero-order valence-corrected chi connectivity index (χ0v) is 14.5. The Morgan fingerprint density at radius 2 is 1.96 bits per heavy atom. The number of amidine groups is 1. The maximum atomic E-state index is 13.9. The van der Waals surface area contributed by atoms with Gasteiger partial charge in [-0.05, 0) is 5.92 Å². The lowest BCUT2D eigenvalue weighted by Gasteiger charge is -2.29. The van der Waals surface area contributed by atoms with Gasteiger partial charge in [0.15, 0.2) is 0 Å². The minimum atomic E-state index is -5.09. The summed E-state index contributed by atoms with van der Waals surface area (Å²) in [7, 11) is 0. The monoisotopic (exact) mass is 367 g/mol. The maximum Gasteiger partial charge on any atom is 0.442 e. The minimum Gasteiger partial charge on any atom is -0.316 e. The quantitative estimate of drug-likeness (QED) is 0.786. The fraction of sp³-hybridized carbons (Fsp3) is 0.389. The molecular weight excluding hydrogens is 347 g/mol. The Kier molecular flexibility index (Phi) is 5.53. The second-order valence-corrected chi connectivity index (χ2v) is 6.36. The maximum absolute atomic E-state index is 13.9. The molecule has 0 radical (unpaired) electrons. The molecule has 26 heavy (non-hydrogen) atoms. The Labute approximate surface area is 149 Å². The molecule has 2 amide bonds. The molecule has 0 bridgehead atoms. The first-order chi connectivity index (χ1) is 12.1. The van der Waals surface area contributed by atoms with Crippen molar-refractivity contribution in [1.29, 1.82) is 0 Å². The molecule has 1 aliphatic rings. The van der Waals surface area contributed by atoms with E-state index in [4.69, 9.17) is 0 Å². The number of rotatable bonds is 6. The van der Waals surface area contributed by atoms with Crippen molar-refractivity contribution in [1.82, 2.24) is 10.2 Å². The van der Waals surface area contributed by atoms with Gasteiger partial charge in [0.05, 0.1) is 0 Å². The van der Waals surface area contributed by atoms with Gasteiger partial charge >= 0.3 is 11.8 Å². The molecule has 140 valence electrons. The van der Waals surface area contributed by atoms with Crippen molar-refractivity contribution < 1.29 is 22.8 Å². The number of alkyl halides is 3. The van der Waals surface area contributed by atoms with Crippen LogP contribution < -0.4 is 5.32 Å². The Bertz CT molecular complexity index is 729. The number of hydrogen-bond acceptors (Lipinski definition) is 3. The first-order valence-corrected chi connectivity index (χ1v) is 8.08. The fourth-order valence-corrected chi connectivity index (χ4v) is 2.63. The summed E-state index contributed by atoms with van der Waals surface area (Å²) >= 11 is 0.